The van der Waals surface area contributed by atoms with Crippen molar-refractivity contribution in [2.75, 3.05) is 0 Å². The van der Waals surface area contributed by atoms with Gasteiger partial charge >= 0.3 is 0 Å². The molecule has 0 unspecified atom stereocenters. The normalized spacial score (nSPS) is 10.6. The lowest BCUT2D eigenvalue weighted by Crippen LogP contribution is -2.41. The van der Waals surface area contributed by atoms with E-state index in [4.69, 9.17) is 0 Å². The second kappa shape index (κ2) is 7.79. The number of para-hydroxylation sites is 1. The molecular weight excluding hydrogens is 314 g/mol. The number of nitrogens with one attached hydrogen (secondary N) is 2. The van der Waals surface area contributed by atoms with Crippen LogP contribution < -0.4 is 10.9 Å². The lowest BCUT2D eigenvalue weighted by molar-refractivity contribution is -0.117. The van der Waals surface area contributed by atoms with Gasteiger partial charge in [-0.15, -0.1) is 0 Å². The fourth-order valence-corrected chi connectivity index (χ4v) is 2.35. The van der Waals surface area contributed by atoms with Gasteiger partial charge in [-0.3, -0.25) is 20.4 Å². The standard InChI is InChI=1S/C20H17N3O2/c24-19(13-12-16-8-2-1-3-9-16)21-22-20(25)17-10-4-5-11-18(17)23-14-6-7-15-23/h1-15H,(H,21,24)(H,22,25)/b13-12+. The van der Waals surface area contributed by atoms with Crippen molar-refractivity contribution >= 4 is 17.9 Å². The molecule has 0 aliphatic rings. The molecule has 0 spiro atoms. The quantitative estimate of drug-likeness (QED) is 0.570. The fraction of sp³-hybridized carbons (Fsp3) is 0. The van der Waals surface area contributed by atoms with Gasteiger partial charge in [0.15, 0.2) is 0 Å². The average Bonchev–Trinajstić information content (AvgIpc) is 3.20. The number of aromatic nitrogens is 1. The summed E-state index contributed by atoms with van der Waals surface area (Å²) in [6, 6.07) is 20.4. The first-order valence-corrected chi connectivity index (χ1v) is 7.80. The molecule has 0 atom stereocenters. The second-order valence-electron chi connectivity index (χ2n) is 5.29. The number of hydrogen-bond acceptors (Lipinski definition) is 2. The smallest absolute Gasteiger partial charge is 0.271 e. The highest BCUT2D eigenvalue weighted by atomic mass is 16.2. The molecule has 5 nitrogen and oxygen atoms in total. The van der Waals surface area contributed by atoms with Gasteiger partial charge in [-0.25, -0.2) is 0 Å². The van der Waals surface area contributed by atoms with Crippen molar-refractivity contribution in [2.45, 2.75) is 0 Å². The van der Waals surface area contributed by atoms with Gasteiger partial charge in [0.05, 0.1) is 11.3 Å². The first kappa shape index (κ1) is 16.3. The molecule has 2 aromatic carbocycles. The zero-order chi connectivity index (χ0) is 17.5. The van der Waals surface area contributed by atoms with E-state index in [-0.39, 0.29) is 5.91 Å². The largest absolute Gasteiger partial charge is 0.323 e. The minimum atomic E-state index is -0.407. The number of carbonyl (C=O) groups is 2. The lowest BCUT2D eigenvalue weighted by Gasteiger charge is -2.11. The van der Waals surface area contributed by atoms with Crippen LogP contribution in [0, 0.1) is 0 Å². The Morgan fingerprint density at radius 2 is 1.48 bits per heavy atom. The molecule has 25 heavy (non-hydrogen) atoms. The molecule has 2 N–H and O–H groups in total. The molecule has 0 fully saturated rings. The maximum atomic E-state index is 12.4. The van der Waals surface area contributed by atoms with Gasteiger partial charge in [-0.05, 0) is 35.9 Å². The number of amides is 2. The van der Waals surface area contributed by atoms with E-state index in [0.717, 1.165) is 11.3 Å². The lowest BCUT2D eigenvalue weighted by atomic mass is 10.1. The van der Waals surface area contributed by atoms with Crippen LogP contribution >= 0.6 is 0 Å². The van der Waals surface area contributed by atoms with Gasteiger partial charge in [-0.1, -0.05) is 42.5 Å². The number of carbonyl (C=O) groups excluding carboxylic acids is 2. The molecule has 0 radical (unpaired) electrons. The monoisotopic (exact) mass is 331 g/mol. The zero-order valence-corrected chi connectivity index (χ0v) is 13.4. The highest BCUT2D eigenvalue weighted by molar-refractivity contribution is 6.00. The van der Waals surface area contributed by atoms with Crippen LogP contribution in [0.5, 0.6) is 0 Å². The first-order valence-electron chi connectivity index (χ1n) is 7.80. The summed E-state index contributed by atoms with van der Waals surface area (Å²) in [6.07, 6.45) is 6.75. The van der Waals surface area contributed by atoms with Crippen molar-refractivity contribution in [1.82, 2.24) is 15.4 Å². The zero-order valence-electron chi connectivity index (χ0n) is 13.4. The Morgan fingerprint density at radius 3 is 2.24 bits per heavy atom. The summed E-state index contributed by atoms with van der Waals surface area (Å²) >= 11 is 0. The summed E-state index contributed by atoms with van der Waals surface area (Å²) in [5.41, 5.74) is 6.93. The highest BCUT2D eigenvalue weighted by Gasteiger charge is 2.12. The van der Waals surface area contributed by atoms with Gasteiger partial charge in [0.2, 0.25) is 0 Å². The van der Waals surface area contributed by atoms with E-state index in [1.807, 2.05) is 71.6 Å². The van der Waals surface area contributed by atoms with Crippen LogP contribution in [0.1, 0.15) is 15.9 Å². The van der Waals surface area contributed by atoms with Crippen molar-refractivity contribution in [2.24, 2.45) is 0 Å². The van der Waals surface area contributed by atoms with Gasteiger partial charge in [0.25, 0.3) is 11.8 Å². The molecule has 1 aromatic heterocycles. The Hall–Kier alpha value is -3.60. The molecule has 3 rings (SSSR count). The summed E-state index contributed by atoms with van der Waals surface area (Å²) < 4.78 is 1.84. The SMILES string of the molecule is O=C(/C=C/c1ccccc1)NNC(=O)c1ccccc1-n1cccc1. The van der Waals surface area contributed by atoms with Crippen molar-refractivity contribution in [1.29, 1.82) is 0 Å². The highest BCUT2D eigenvalue weighted by Crippen LogP contribution is 2.14. The maximum absolute atomic E-state index is 12.4. The molecule has 124 valence electrons. The maximum Gasteiger partial charge on any atom is 0.271 e. The third-order valence-corrected chi connectivity index (χ3v) is 3.56. The molecule has 1 heterocycles. The van der Waals surface area contributed by atoms with Crippen LogP contribution in [0.2, 0.25) is 0 Å². The van der Waals surface area contributed by atoms with Crippen LogP contribution in [0.25, 0.3) is 11.8 Å². The van der Waals surface area contributed by atoms with E-state index in [2.05, 4.69) is 10.9 Å². The van der Waals surface area contributed by atoms with E-state index in [9.17, 15) is 9.59 Å². The van der Waals surface area contributed by atoms with Gasteiger partial charge in [0, 0.05) is 18.5 Å². The first-order chi connectivity index (χ1) is 12.2. The van der Waals surface area contributed by atoms with Gasteiger partial charge in [0.1, 0.15) is 0 Å². The van der Waals surface area contributed by atoms with Crippen molar-refractivity contribution < 1.29 is 9.59 Å². The Morgan fingerprint density at radius 1 is 0.800 bits per heavy atom. The van der Waals surface area contributed by atoms with Gasteiger partial charge < -0.3 is 4.57 Å². The molecule has 0 bridgehead atoms. The molecule has 0 saturated heterocycles. The predicted octanol–water partition coefficient (Wildman–Crippen LogP) is 2.95. The van der Waals surface area contributed by atoms with Crippen LogP contribution in [-0.2, 0) is 4.79 Å². The van der Waals surface area contributed by atoms with E-state index >= 15 is 0 Å². The molecule has 5 heteroatoms. The van der Waals surface area contributed by atoms with Crippen molar-refractivity contribution in [3.63, 3.8) is 0 Å². The van der Waals surface area contributed by atoms with Crippen molar-refractivity contribution in [3.05, 3.63) is 96.3 Å². The molecule has 0 saturated carbocycles. The predicted molar refractivity (Wildman–Crippen MR) is 96.9 cm³/mol. The van der Waals surface area contributed by atoms with E-state index in [0.29, 0.717) is 5.56 Å². The average molecular weight is 331 g/mol. The number of benzene rings is 2. The number of hydrogen-bond donors (Lipinski definition) is 2. The summed E-state index contributed by atoms with van der Waals surface area (Å²) in [5, 5.41) is 0. The minimum absolute atomic E-state index is 0.384. The van der Waals surface area contributed by atoms with Crippen LogP contribution in [-0.4, -0.2) is 16.4 Å². The topological polar surface area (TPSA) is 63.1 Å². The van der Waals surface area contributed by atoms with Gasteiger partial charge in [-0.2, -0.15) is 0 Å². The number of nitrogens with zero attached hydrogens (tertiary/aromatic N) is 1. The number of rotatable bonds is 4. The van der Waals surface area contributed by atoms with E-state index in [1.54, 1.807) is 18.2 Å². The third kappa shape index (κ3) is 4.23. The third-order valence-electron chi connectivity index (χ3n) is 3.56. The van der Waals surface area contributed by atoms with E-state index < -0.39 is 5.91 Å². The van der Waals surface area contributed by atoms with Crippen LogP contribution in [0.3, 0.4) is 0 Å². The van der Waals surface area contributed by atoms with E-state index in [1.165, 1.54) is 6.08 Å². The fourth-order valence-electron chi connectivity index (χ4n) is 2.35. The Bertz CT molecular complexity index is 884. The molecule has 0 aliphatic heterocycles. The molecule has 2 amide bonds. The summed E-state index contributed by atoms with van der Waals surface area (Å²) in [5.74, 6) is -0.790. The molecule has 0 aliphatic carbocycles. The summed E-state index contributed by atoms with van der Waals surface area (Å²) in [7, 11) is 0. The minimum Gasteiger partial charge on any atom is -0.323 e. The second-order valence-corrected chi connectivity index (χ2v) is 5.29. The Labute approximate surface area is 145 Å². The molecule has 3 aromatic rings. The summed E-state index contributed by atoms with van der Waals surface area (Å²) in [4.78, 5) is 24.2. The molecular formula is C20H17N3O2. The van der Waals surface area contributed by atoms with Crippen LogP contribution in [0.4, 0.5) is 0 Å². The number of hydrazine groups is 1. The summed E-state index contributed by atoms with van der Waals surface area (Å²) in [6.45, 7) is 0. The van der Waals surface area contributed by atoms with Crippen molar-refractivity contribution in [3.8, 4) is 5.69 Å². The van der Waals surface area contributed by atoms with Crippen LogP contribution in [0.15, 0.2) is 85.2 Å². The Kier molecular flexibility index (Phi) is 5.07. The Balaban J connectivity index is 1.64.